The van der Waals surface area contributed by atoms with Crippen molar-refractivity contribution < 1.29 is 5.11 Å². The van der Waals surface area contributed by atoms with Crippen LogP contribution in [-0.2, 0) is 0 Å². The summed E-state index contributed by atoms with van der Waals surface area (Å²) in [5.41, 5.74) is 1.45. The van der Waals surface area contributed by atoms with Crippen LogP contribution in [0.3, 0.4) is 0 Å². The molecule has 112 valence electrons. The van der Waals surface area contributed by atoms with Gasteiger partial charge in [0.2, 0.25) is 0 Å². The maximum absolute atomic E-state index is 9.67. The fourth-order valence-electron chi connectivity index (χ4n) is 3.64. The van der Waals surface area contributed by atoms with E-state index in [1.807, 2.05) is 19.2 Å². The van der Waals surface area contributed by atoms with E-state index in [0.29, 0.717) is 17.8 Å². The number of phenolic OH excluding ortho intramolecular Hbond substituents is 1. The Morgan fingerprint density at radius 2 is 2.20 bits per heavy atom. The van der Waals surface area contributed by atoms with Crippen molar-refractivity contribution in [3.8, 4) is 5.75 Å². The van der Waals surface area contributed by atoms with Gasteiger partial charge < -0.3 is 10.4 Å². The molecular formula is C17H28N2O. The van der Waals surface area contributed by atoms with Gasteiger partial charge in [-0.1, -0.05) is 19.1 Å². The van der Waals surface area contributed by atoms with Crippen molar-refractivity contribution in [3.05, 3.63) is 29.8 Å². The summed E-state index contributed by atoms with van der Waals surface area (Å²) in [5.74, 6) is 0.923. The summed E-state index contributed by atoms with van der Waals surface area (Å²) in [6, 6.07) is 7.77. The van der Waals surface area contributed by atoms with Gasteiger partial charge in [-0.25, -0.2) is 0 Å². The third-order valence-corrected chi connectivity index (χ3v) is 4.68. The number of hydrogen-bond acceptors (Lipinski definition) is 3. The molecule has 3 nitrogen and oxygen atoms in total. The molecule has 1 aliphatic heterocycles. The first-order chi connectivity index (χ1) is 9.47. The molecule has 1 fully saturated rings. The number of nitrogens with one attached hydrogen (secondary N) is 1. The molecule has 1 saturated heterocycles. The maximum Gasteiger partial charge on any atom is 0.115 e. The molecule has 0 bridgehead atoms. The zero-order valence-electron chi connectivity index (χ0n) is 13.2. The van der Waals surface area contributed by atoms with Crippen LogP contribution >= 0.6 is 0 Å². The van der Waals surface area contributed by atoms with Gasteiger partial charge in [-0.15, -0.1) is 0 Å². The first-order valence-corrected chi connectivity index (χ1v) is 7.71. The summed E-state index contributed by atoms with van der Waals surface area (Å²) in [7, 11) is 2.05. The summed E-state index contributed by atoms with van der Waals surface area (Å²) in [6.07, 6.45) is 3.87. The number of hydrogen-bond donors (Lipinski definition) is 2. The van der Waals surface area contributed by atoms with E-state index in [2.05, 4.69) is 37.1 Å². The molecule has 3 heteroatoms. The van der Waals surface area contributed by atoms with E-state index < -0.39 is 0 Å². The van der Waals surface area contributed by atoms with Crippen molar-refractivity contribution >= 4 is 0 Å². The van der Waals surface area contributed by atoms with Crippen LogP contribution in [0.5, 0.6) is 5.75 Å². The zero-order valence-corrected chi connectivity index (χ0v) is 13.2. The summed E-state index contributed by atoms with van der Waals surface area (Å²) >= 11 is 0. The highest BCUT2D eigenvalue weighted by atomic mass is 16.3. The molecule has 1 aromatic carbocycles. The number of piperidine rings is 1. The van der Waals surface area contributed by atoms with Crippen LogP contribution in [0.2, 0.25) is 0 Å². The molecule has 1 heterocycles. The first kappa shape index (κ1) is 15.3. The standard InChI is InChI=1S/C17H28N2O/c1-5-16(18-4)19-10-9-14(12-17(19,2)3)13-7-6-8-15(20)11-13/h6-8,11,14,16,18,20H,5,9-10,12H2,1-4H3/t14-,16?/m1/s1. The summed E-state index contributed by atoms with van der Waals surface area (Å²) < 4.78 is 0. The molecule has 2 atom stereocenters. The minimum absolute atomic E-state index is 0.179. The maximum atomic E-state index is 9.67. The quantitative estimate of drug-likeness (QED) is 0.885. The fraction of sp³-hybridized carbons (Fsp3) is 0.647. The Kier molecular flexibility index (Phi) is 4.71. The van der Waals surface area contributed by atoms with Gasteiger partial charge in [-0.05, 0) is 63.8 Å². The largest absolute Gasteiger partial charge is 0.508 e. The highest BCUT2D eigenvalue weighted by Gasteiger charge is 2.38. The number of aromatic hydroxyl groups is 1. The van der Waals surface area contributed by atoms with E-state index in [4.69, 9.17) is 0 Å². The molecule has 1 unspecified atom stereocenters. The van der Waals surface area contributed by atoms with E-state index in [1.165, 1.54) is 5.56 Å². The summed E-state index contributed by atoms with van der Waals surface area (Å²) in [4.78, 5) is 2.59. The second-order valence-electron chi connectivity index (χ2n) is 6.50. The molecular weight excluding hydrogens is 248 g/mol. The highest BCUT2D eigenvalue weighted by Crippen LogP contribution is 2.39. The molecule has 0 spiro atoms. The van der Waals surface area contributed by atoms with E-state index in [-0.39, 0.29) is 5.54 Å². The minimum atomic E-state index is 0.179. The molecule has 1 aromatic rings. The van der Waals surface area contributed by atoms with Crippen molar-refractivity contribution in [1.82, 2.24) is 10.2 Å². The Hall–Kier alpha value is -1.06. The van der Waals surface area contributed by atoms with Crippen molar-refractivity contribution in [2.75, 3.05) is 13.6 Å². The lowest BCUT2D eigenvalue weighted by atomic mass is 9.78. The first-order valence-electron chi connectivity index (χ1n) is 7.71. The molecule has 2 N–H and O–H groups in total. The van der Waals surface area contributed by atoms with E-state index in [9.17, 15) is 5.11 Å². The predicted molar refractivity (Wildman–Crippen MR) is 84.0 cm³/mol. The highest BCUT2D eigenvalue weighted by molar-refractivity contribution is 5.30. The minimum Gasteiger partial charge on any atom is -0.508 e. The third-order valence-electron chi connectivity index (χ3n) is 4.68. The average Bonchev–Trinajstić information content (AvgIpc) is 2.41. The Bertz CT molecular complexity index is 440. The topological polar surface area (TPSA) is 35.5 Å². The van der Waals surface area contributed by atoms with Crippen LogP contribution in [0, 0.1) is 0 Å². The SMILES string of the molecule is CCC(NC)N1CC[C@@H](c2cccc(O)c2)CC1(C)C. The predicted octanol–water partition coefficient (Wildman–Crippen LogP) is 3.31. The number of phenols is 1. The number of rotatable bonds is 4. The van der Waals surface area contributed by atoms with Crippen molar-refractivity contribution in [1.29, 1.82) is 0 Å². The molecule has 0 amide bonds. The van der Waals surface area contributed by atoms with Gasteiger partial charge in [0.15, 0.2) is 0 Å². The van der Waals surface area contributed by atoms with Crippen molar-refractivity contribution in [3.63, 3.8) is 0 Å². The van der Waals surface area contributed by atoms with Gasteiger partial charge in [0.1, 0.15) is 5.75 Å². The Balaban J connectivity index is 2.14. The smallest absolute Gasteiger partial charge is 0.115 e. The average molecular weight is 276 g/mol. The lowest BCUT2D eigenvalue weighted by Gasteiger charge is -2.49. The number of likely N-dealkylation sites (tertiary alicyclic amines) is 1. The second-order valence-corrected chi connectivity index (χ2v) is 6.50. The number of nitrogens with zero attached hydrogens (tertiary/aromatic N) is 1. The van der Waals surface area contributed by atoms with Gasteiger partial charge in [0.25, 0.3) is 0 Å². The van der Waals surface area contributed by atoms with Gasteiger partial charge in [0.05, 0.1) is 6.17 Å². The van der Waals surface area contributed by atoms with Gasteiger partial charge >= 0.3 is 0 Å². The van der Waals surface area contributed by atoms with E-state index in [1.54, 1.807) is 6.07 Å². The van der Waals surface area contributed by atoms with Crippen LogP contribution in [0.1, 0.15) is 51.5 Å². The zero-order chi connectivity index (χ0) is 14.8. The molecule has 2 rings (SSSR count). The van der Waals surface area contributed by atoms with Gasteiger partial charge in [-0.3, -0.25) is 4.90 Å². The summed E-state index contributed by atoms with van der Waals surface area (Å²) in [5, 5.41) is 13.1. The molecule has 1 aliphatic rings. The Labute approximate surface area is 123 Å². The number of benzene rings is 1. The molecule has 0 saturated carbocycles. The molecule has 0 radical (unpaired) electrons. The summed E-state index contributed by atoms with van der Waals surface area (Å²) in [6.45, 7) is 8.01. The van der Waals surface area contributed by atoms with Crippen LogP contribution in [0.15, 0.2) is 24.3 Å². The monoisotopic (exact) mass is 276 g/mol. The normalized spacial score (nSPS) is 24.5. The van der Waals surface area contributed by atoms with E-state index in [0.717, 1.165) is 25.8 Å². The molecule has 0 aliphatic carbocycles. The Morgan fingerprint density at radius 1 is 1.45 bits per heavy atom. The van der Waals surface area contributed by atoms with Crippen LogP contribution in [-0.4, -0.2) is 35.3 Å². The molecule has 20 heavy (non-hydrogen) atoms. The van der Waals surface area contributed by atoms with Crippen molar-refractivity contribution in [2.45, 2.75) is 57.7 Å². The van der Waals surface area contributed by atoms with Crippen molar-refractivity contribution in [2.24, 2.45) is 0 Å². The van der Waals surface area contributed by atoms with Gasteiger partial charge in [0, 0.05) is 12.1 Å². The lowest BCUT2D eigenvalue weighted by Crippen LogP contribution is -2.57. The van der Waals surface area contributed by atoms with Crippen LogP contribution < -0.4 is 5.32 Å². The third kappa shape index (κ3) is 3.15. The van der Waals surface area contributed by atoms with Crippen LogP contribution in [0.4, 0.5) is 0 Å². The van der Waals surface area contributed by atoms with Gasteiger partial charge in [-0.2, -0.15) is 0 Å². The lowest BCUT2D eigenvalue weighted by molar-refractivity contribution is 0.0117. The molecule has 0 aromatic heterocycles. The fourth-order valence-corrected chi connectivity index (χ4v) is 3.64. The second kappa shape index (κ2) is 6.15. The van der Waals surface area contributed by atoms with E-state index >= 15 is 0 Å². The van der Waals surface area contributed by atoms with Crippen LogP contribution in [0.25, 0.3) is 0 Å². The Morgan fingerprint density at radius 3 is 2.75 bits per heavy atom.